The van der Waals surface area contributed by atoms with Gasteiger partial charge >= 0.3 is 0 Å². The number of hydrazone groups is 1. The normalized spacial score (nSPS) is 11.0. The molecule has 0 bridgehead atoms. The van der Waals surface area contributed by atoms with Crippen LogP contribution in [0.3, 0.4) is 0 Å². The average molecular weight is 348 g/mol. The second-order valence-electron chi connectivity index (χ2n) is 4.85. The van der Waals surface area contributed by atoms with Crippen LogP contribution in [0.1, 0.15) is 18.1 Å². The summed E-state index contributed by atoms with van der Waals surface area (Å²) in [4.78, 5) is 0. The van der Waals surface area contributed by atoms with Gasteiger partial charge in [0.05, 0.1) is 12.8 Å². The van der Waals surface area contributed by atoms with Crippen molar-refractivity contribution in [1.82, 2.24) is 10.7 Å². The van der Waals surface area contributed by atoms with E-state index in [4.69, 9.17) is 28.6 Å². The molecule has 6 heteroatoms. The number of halogens is 1. The molecule has 0 heterocycles. The Morgan fingerprint density at radius 2 is 1.78 bits per heavy atom. The van der Waals surface area contributed by atoms with E-state index in [1.54, 1.807) is 7.11 Å². The van der Waals surface area contributed by atoms with Crippen molar-refractivity contribution >= 4 is 34.6 Å². The molecule has 23 heavy (non-hydrogen) atoms. The van der Waals surface area contributed by atoms with E-state index in [0.29, 0.717) is 16.7 Å². The Morgan fingerprint density at radius 1 is 1.13 bits per heavy atom. The number of ether oxygens (including phenoxy) is 1. The summed E-state index contributed by atoms with van der Waals surface area (Å²) in [6.07, 6.45) is 0. The van der Waals surface area contributed by atoms with E-state index in [1.165, 1.54) is 0 Å². The fraction of sp³-hybridized carbons (Fsp3) is 0.176. The van der Waals surface area contributed by atoms with Gasteiger partial charge in [-0.2, -0.15) is 5.10 Å². The zero-order chi connectivity index (χ0) is 16.7. The Kier molecular flexibility index (Phi) is 6.38. The molecule has 120 valence electrons. The first kappa shape index (κ1) is 17.2. The molecule has 0 atom stereocenters. The molecule has 4 nitrogen and oxygen atoms in total. The summed E-state index contributed by atoms with van der Waals surface area (Å²) in [6.45, 7) is 2.52. The smallest absolute Gasteiger partial charge is 0.187 e. The maximum absolute atomic E-state index is 5.87. The van der Waals surface area contributed by atoms with Gasteiger partial charge < -0.3 is 10.1 Å². The van der Waals surface area contributed by atoms with Crippen molar-refractivity contribution < 1.29 is 4.74 Å². The Labute approximate surface area is 146 Å². The number of nitrogens with zero attached hydrogens (tertiary/aromatic N) is 1. The molecule has 0 amide bonds. The Morgan fingerprint density at radius 3 is 2.39 bits per heavy atom. The number of thiocarbonyl (C=S) groups is 1. The topological polar surface area (TPSA) is 45.6 Å². The molecule has 2 aromatic carbocycles. The van der Waals surface area contributed by atoms with Gasteiger partial charge in [-0.1, -0.05) is 35.9 Å². The molecule has 0 aliphatic carbocycles. The first-order chi connectivity index (χ1) is 11.1. The van der Waals surface area contributed by atoms with Crippen molar-refractivity contribution in [2.45, 2.75) is 13.5 Å². The molecule has 0 unspecified atom stereocenters. The van der Waals surface area contributed by atoms with E-state index in [1.807, 2.05) is 55.5 Å². The van der Waals surface area contributed by atoms with Crippen molar-refractivity contribution in [1.29, 1.82) is 0 Å². The Bertz CT molecular complexity index is 684. The van der Waals surface area contributed by atoms with Gasteiger partial charge in [-0.3, -0.25) is 5.43 Å². The standard InChI is InChI=1S/C17H18ClN3OS/c1-12(14-5-7-15(18)8-6-14)20-21-17(23)19-11-13-3-9-16(22-2)10-4-13/h3-10H,11H2,1-2H3,(H2,19,21,23)/b20-12-. The van der Waals surface area contributed by atoms with E-state index in [-0.39, 0.29) is 0 Å². The predicted molar refractivity (Wildman–Crippen MR) is 99.2 cm³/mol. The van der Waals surface area contributed by atoms with Crippen LogP contribution in [0.25, 0.3) is 0 Å². The maximum atomic E-state index is 5.87. The lowest BCUT2D eigenvalue weighted by molar-refractivity contribution is 0.414. The van der Waals surface area contributed by atoms with Crippen molar-refractivity contribution in [3.05, 3.63) is 64.7 Å². The van der Waals surface area contributed by atoms with Crippen LogP contribution in [0.15, 0.2) is 53.6 Å². The summed E-state index contributed by atoms with van der Waals surface area (Å²) < 4.78 is 5.12. The average Bonchev–Trinajstić information content (AvgIpc) is 2.59. The van der Waals surface area contributed by atoms with Gasteiger partial charge in [-0.25, -0.2) is 0 Å². The van der Waals surface area contributed by atoms with Gasteiger partial charge in [0.25, 0.3) is 0 Å². The summed E-state index contributed by atoms with van der Waals surface area (Å²) >= 11 is 11.1. The molecule has 2 aromatic rings. The highest BCUT2D eigenvalue weighted by Crippen LogP contribution is 2.11. The van der Waals surface area contributed by atoms with Crippen LogP contribution in [-0.4, -0.2) is 17.9 Å². The summed E-state index contributed by atoms with van der Waals surface area (Å²) in [5, 5.41) is 8.53. The lowest BCUT2D eigenvalue weighted by Crippen LogP contribution is -2.32. The second-order valence-corrected chi connectivity index (χ2v) is 5.69. The SMILES string of the molecule is COc1ccc(CNC(=S)N/N=C(/C)c2ccc(Cl)cc2)cc1. The van der Waals surface area contributed by atoms with E-state index in [2.05, 4.69) is 15.8 Å². The van der Waals surface area contributed by atoms with E-state index in [9.17, 15) is 0 Å². The van der Waals surface area contributed by atoms with Gasteiger partial charge in [0, 0.05) is 11.6 Å². The van der Waals surface area contributed by atoms with Crippen molar-refractivity contribution in [3.63, 3.8) is 0 Å². The first-order valence-electron chi connectivity index (χ1n) is 7.05. The second kappa shape index (κ2) is 8.50. The first-order valence-corrected chi connectivity index (χ1v) is 7.84. The molecule has 0 aliphatic heterocycles. The van der Waals surface area contributed by atoms with Crippen LogP contribution in [0, 0.1) is 0 Å². The zero-order valence-corrected chi connectivity index (χ0v) is 14.5. The van der Waals surface area contributed by atoms with Crippen LogP contribution in [0.5, 0.6) is 5.75 Å². The molecule has 0 saturated carbocycles. The molecule has 0 radical (unpaired) electrons. The van der Waals surface area contributed by atoms with Crippen LogP contribution in [-0.2, 0) is 6.54 Å². The van der Waals surface area contributed by atoms with Crippen molar-refractivity contribution in [2.24, 2.45) is 5.10 Å². The minimum absolute atomic E-state index is 0.467. The van der Waals surface area contributed by atoms with Gasteiger partial charge in [0.2, 0.25) is 0 Å². The van der Waals surface area contributed by atoms with E-state index < -0.39 is 0 Å². The van der Waals surface area contributed by atoms with Crippen LogP contribution in [0.4, 0.5) is 0 Å². The molecule has 0 fully saturated rings. The highest BCUT2D eigenvalue weighted by Gasteiger charge is 1.99. The number of benzene rings is 2. The molecule has 0 spiro atoms. The number of methoxy groups -OCH3 is 1. The maximum Gasteiger partial charge on any atom is 0.187 e. The largest absolute Gasteiger partial charge is 0.497 e. The number of nitrogens with one attached hydrogen (secondary N) is 2. The van der Waals surface area contributed by atoms with Crippen LogP contribution < -0.4 is 15.5 Å². The third-order valence-electron chi connectivity index (χ3n) is 3.20. The number of hydrogen-bond acceptors (Lipinski definition) is 3. The van der Waals surface area contributed by atoms with E-state index >= 15 is 0 Å². The highest BCUT2D eigenvalue weighted by atomic mass is 35.5. The van der Waals surface area contributed by atoms with Gasteiger partial charge in [-0.05, 0) is 54.5 Å². The Hall–Kier alpha value is -2.11. The quantitative estimate of drug-likeness (QED) is 0.491. The Balaban J connectivity index is 1.84. The van der Waals surface area contributed by atoms with Crippen LogP contribution >= 0.6 is 23.8 Å². The van der Waals surface area contributed by atoms with Gasteiger partial charge in [-0.15, -0.1) is 0 Å². The lowest BCUT2D eigenvalue weighted by Gasteiger charge is -2.09. The fourth-order valence-corrected chi connectivity index (χ4v) is 2.10. The minimum Gasteiger partial charge on any atom is -0.497 e. The fourth-order valence-electron chi connectivity index (χ4n) is 1.86. The van der Waals surface area contributed by atoms with E-state index in [0.717, 1.165) is 22.6 Å². The molecule has 0 saturated heterocycles. The molecule has 0 aromatic heterocycles. The lowest BCUT2D eigenvalue weighted by atomic mass is 10.1. The van der Waals surface area contributed by atoms with Crippen molar-refractivity contribution in [3.8, 4) is 5.75 Å². The van der Waals surface area contributed by atoms with Crippen molar-refractivity contribution in [2.75, 3.05) is 7.11 Å². The third-order valence-corrected chi connectivity index (χ3v) is 3.69. The van der Waals surface area contributed by atoms with Gasteiger partial charge in [0.1, 0.15) is 5.75 Å². The highest BCUT2D eigenvalue weighted by molar-refractivity contribution is 7.80. The van der Waals surface area contributed by atoms with Gasteiger partial charge in [0.15, 0.2) is 5.11 Å². The third kappa shape index (κ3) is 5.54. The minimum atomic E-state index is 0.467. The summed E-state index contributed by atoms with van der Waals surface area (Å²) in [5.41, 5.74) is 5.76. The monoisotopic (exact) mass is 347 g/mol. The molecule has 2 N–H and O–H groups in total. The summed E-state index contributed by atoms with van der Waals surface area (Å²) in [6, 6.07) is 15.3. The molecular weight excluding hydrogens is 330 g/mol. The summed E-state index contributed by atoms with van der Waals surface area (Å²) in [7, 11) is 1.65. The molecule has 0 aliphatic rings. The summed E-state index contributed by atoms with van der Waals surface area (Å²) in [5.74, 6) is 0.831. The molecule has 2 rings (SSSR count). The zero-order valence-electron chi connectivity index (χ0n) is 13.0. The predicted octanol–water partition coefficient (Wildman–Crippen LogP) is 3.74. The number of hydrogen-bond donors (Lipinski definition) is 2. The molecular formula is C17H18ClN3OS. The van der Waals surface area contributed by atoms with Crippen LogP contribution in [0.2, 0.25) is 5.02 Å². The number of rotatable bonds is 5.